The Morgan fingerprint density at radius 1 is 1.08 bits per heavy atom. The number of carbonyl (C=O) groups is 1. The number of halogens is 1. The van der Waals surface area contributed by atoms with E-state index >= 15 is 0 Å². The van der Waals surface area contributed by atoms with Crippen LogP contribution in [0.5, 0.6) is 5.75 Å². The zero-order valence-electron chi connectivity index (χ0n) is 21.0. The Morgan fingerprint density at radius 3 is 2.65 bits per heavy atom. The van der Waals surface area contributed by atoms with Gasteiger partial charge in [-0.1, -0.05) is 48.9 Å². The molecule has 5 rings (SSSR count). The van der Waals surface area contributed by atoms with Gasteiger partial charge in [-0.05, 0) is 62.2 Å². The molecule has 2 heterocycles. The summed E-state index contributed by atoms with van der Waals surface area (Å²) in [5.41, 5.74) is 5.94. The van der Waals surface area contributed by atoms with Gasteiger partial charge in [0.15, 0.2) is 5.76 Å². The first kappa shape index (κ1) is 24.7. The molecule has 5 aromatic rings. The van der Waals surface area contributed by atoms with Crippen LogP contribution in [0.2, 0.25) is 5.02 Å². The summed E-state index contributed by atoms with van der Waals surface area (Å²) < 4.78 is 13.5. The standard InChI is InChI=1S/C30H28ClN3O3/c1-4-14-36-26-13-11-21(16-25(26)31)28-22(18-34(33-28)23-8-6-5-7-9-23)17-32-30(35)29-20(3)24-12-10-19(2)15-27(24)37-29/h5-13,15-16,18H,4,14,17H2,1-3H3,(H,32,35). The van der Waals surface area contributed by atoms with E-state index < -0.39 is 0 Å². The second kappa shape index (κ2) is 10.5. The van der Waals surface area contributed by atoms with E-state index in [9.17, 15) is 4.79 Å². The van der Waals surface area contributed by atoms with E-state index in [2.05, 4.69) is 5.32 Å². The number of amides is 1. The van der Waals surface area contributed by atoms with Crippen molar-refractivity contribution in [3.8, 4) is 22.7 Å². The minimum absolute atomic E-state index is 0.266. The Morgan fingerprint density at radius 2 is 1.89 bits per heavy atom. The number of aryl methyl sites for hydroxylation is 2. The summed E-state index contributed by atoms with van der Waals surface area (Å²) in [6.45, 7) is 6.81. The molecule has 0 bridgehead atoms. The average molecular weight is 514 g/mol. The molecule has 37 heavy (non-hydrogen) atoms. The zero-order chi connectivity index (χ0) is 25.9. The van der Waals surface area contributed by atoms with E-state index in [1.807, 2.05) is 93.7 Å². The van der Waals surface area contributed by atoms with E-state index in [-0.39, 0.29) is 12.5 Å². The number of ether oxygens (including phenoxy) is 1. The van der Waals surface area contributed by atoms with Crippen molar-refractivity contribution in [2.75, 3.05) is 6.61 Å². The van der Waals surface area contributed by atoms with E-state index in [0.717, 1.165) is 45.4 Å². The Labute approximate surface area is 220 Å². The number of benzene rings is 3. The van der Waals surface area contributed by atoms with Crippen LogP contribution < -0.4 is 10.1 Å². The molecule has 6 nitrogen and oxygen atoms in total. The lowest BCUT2D eigenvalue weighted by Crippen LogP contribution is -2.23. The molecule has 188 valence electrons. The van der Waals surface area contributed by atoms with Crippen LogP contribution in [0.25, 0.3) is 27.9 Å². The highest BCUT2D eigenvalue weighted by Crippen LogP contribution is 2.32. The summed E-state index contributed by atoms with van der Waals surface area (Å²) in [6, 6.07) is 21.4. The summed E-state index contributed by atoms with van der Waals surface area (Å²) >= 11 is 6.52. The van der Waals surface area contributed by atoms with E-state index in [1.54, 1.807) is 4.68 Å². The SMILES string of the molecule is CCCOc1ccc(-c2nn(-c3ccccc3)cc2CNC(=O)c2oc3cc(C)ccc3c2C)cc1Cl. The van der Waals surface area contributed by atoms with Gasteiger partial charge in [-0.2, -0.15) is 5.10 Å². The minimum atomic E-state index is -0.272. The Kier molecular flexibility index (Phi) is 7.01. The summed E-state index contributed by atoms with van der Waals surface area (Å²) in [6.07, 6.45) is 2.82. The molecule has 0 saturated heterocycles. The molecule has 0 unspecified atom stereocenters. The molecule has 0 aliphatic carbocycles. The van der Waals surface area contributed by atoms with Gasteiger partial charge in [-0.15, -0.1) is 0 Å². The zero-order valence-corrected chi connectivity index (χ0v) is 21.8. The predicted molar refractivity (Wildman–Crippen MR) is 147 cm³/mol. The lowest BCUT2D eigenvalue weighted by atomic mass is 10.1. The molecule has 1 amide bonds. The number of nitrogens with zero attached hydrogens (tertiary/aromatic N) is 2. The molecular weight excluding hydrogens is 486 g/mol. The van der Waals surface area contributed by atoms with Gasteiger partial charge in [0.2, 0.25) is 0 Å². The molecule has 0 aliphatic heterocycles. The number of fused-ring (bicyclic) bond motifs is 1. The van der Waals surface area contributed by atoms with Crippen LogP contribution in [0.4, 0.5) is 0 Å². The van der Waals surface area contributed by atoms with Crippen molar-refractivity contribution in [3.63, 3.8) is 0 Å². The third kappa shape index (κ3) is 5.11. The van der Waals surface area contributed by atoms with Crippen LogP contribution in [0.15, 0.2) is 77.3 Å². The molecule has 0 fully saturated rings. The van der Waals surface area contributed by atoms with Crippen molar-refractivity contribution in [2.45, 2.75) is 33.7 Å². The molecule has 0 spiro atoms. The maximum absolute atomic E-state index is 13.1. The van der Waals surface area contributed by atoms with Gasteiger partial charge in [-0.3, -0.25) is 4.79 Å². The summed E-state index contributed by atoms with van der Waals surface area (Å²) in [7, 11) is 0. The summed E-state index contributed by atoms with van der Waals surface area (Å²) in [5.74, 6) is 0.685. The number of hydrogen-bond acceptors (Lipinski definition) is 4. The third-order valence-electron chi connectivity index (χ3n) is 6.22. The van der Waals surface area contributed by atoms with Gasteiger partial charge in [0.25, 0.3) is 5.91 Å². The highest BCUT2D eigenvalue weighted by Gasteiger charge is 2.20. The summed E-state index contributed by atoms with van der Waals surface area (Å²) in [5, 5.41) is 9.31. The topological polar surface area (TPSA) is 69.3 Å². The molecule has 0 aliphatic rings. The maximum Gasteiger partial charge on any atom is 0.287 e. The number of hydrogen-bond donors (Lipinski definition) is 1. The molecule has 0 radical (unpaired) electrons. The third-order valence-corrected chi connectivity index (χ3v) is 6.51. The van der Waals surface area contributed by atoms with Gasteiger partial charge >= 0.3 is 0 Å². The number of furan rings is 1. The molecule has 2 aromatic heterocycles. The van der Waals surface area contributed by atoms with Gasteiger partial charge < -0.3 is 14.5 Å². The number of carbonyl (C=O) groups excluding carboxylic acids is 1. The molecule has 0 atom stereocenters. The van der Waals surface area contributed by atoms with Gasteiger partial charge in [0.05, 0.1) is 23.0 Å². The largest absolute Gasteiger partial charge is 0.492 e. The fourth-order valence-electron chi connectivity index (χ4n) is 4.28. The van der Waals surface area contributed by atoms with E-state index in [1.165, 1.54) is 0 Å². The van der Waals surface area contributed by atoms with Crippen LogP contribution in [-0.4, -0.2) is 22.3 Å². The Bertz CT molecular complexity index is 1570. The van der Waals surface area contributed by atoms with Gasteiger partial charge in [-0.25, -0.2) is 4.68 Å². The number of aromatic nitrogens is 2. The molecule has 3 aromatic carbocycles. The fourth-order valence-corrected chi connectivity index (χ4v) is 4.51. The molecule has 0 saturated carbocycles. The first-order valence-electron chi connectivity index (χ1n) is 12.3. The molecular formula is C30H28ClN3O3. The van der Waals surface area contributed by atoms with Crippen molar-refractivity contribution in [3.05, 3.63) is 100 Å². The van der Waals surface area contributed by atoms with Crippen LogP contribution in [0.3, 0.4) is 0 Å². The number of nitrogens with one attached hydrogen (secondary N) is 1. The lowest BCUT2D eigenvalue weighted by molar-refractivity contribution is 0.0924. The van der Waals surface area contributed by atoms with Crippen LogP contribution >= 0.6 is 11.6 Å². The van der Waals surface area contributed by atoms with Crippen LogP contribution in [0, 0.1) is 13.8 Å². The molecule has 7 heteroatoms. The van der Waals surface area contributed by atoms with Crippen molar-refractivity contribution in [2.24, 2.45) is 0 Å². The second-order valence-corrected chi connectivity index (χ2v) is 9.42. The van der Waals surface area contributed by atoms with Crippen molar-refractivity contribution < 1.29 is 13.9 Å². The smallest absolute Gasteiger partial charge is 0.287 e. The van der Waals surface area contributed by atoms with Crippen molar-refractivity contribution >= 4 is 28.5 Å². The lowest BCUT2D eigenvalue weighted by Gasteiger charge is -2.09. The van der Waals surface area contributed by atoms with E-state index in [0.29, 0.717) is 28.7 Å². The quantitative estimate of drug-likeness (QED) is 0.237. The maximum atomic E-state index is 13.1. The van der Waals surface area contributed by atoms with Crippen LogP contribution in [-0.2, 0) is 6.54 Å². The summed E-state index contributed by atoms with van der Waals surface area (Å²) in [4.78, 5) is 13.1. The first-order chi connectivity index (χ1) is 17.9. The highest BCUT2D eigenvalue weighted by molar-refractivity contribution is 6.32. The van der Waals surface area contributed by atoms with Crippen molar-refractivity contribution in [1.29, 1.82) is 0 Å². The normalized spacial score (nSPS) is 11.1. The average Bonchev–Trinajstić information content (AvgIpc) is 3.48. The minimum Gasteiger partial charge on any atom is -0.492 e. The second-order valence-electron chi connectivity index (χ2n) is 9.02. The highest BCUT2D eigenvalue weighted by atomic mass is 35.5. The molecule has 1 N–H and O–H groups in total. The van der Waals surface area contributed by atoms with Crippen LogP contribution in [0.1, 0.15) is 40.6 Å². The monoisotopic (exact) mass is 513 g/mol. The predicted octanol–water partition coefficient (Wildman–Crippen LogP) is 7.27. The number of para-hydroxylation sites is 1. The van der Waals surface area contributed by atoms with Gasteiger partial charge in [0.1, 0.15) is 11.3 Å². The Balaban J connectivity index is 1.46. The Hall–Kier alpha value is -4.03. The van der Waals surface area contributed by atoms with Gasteiger partial charge in [0, 0.05) is 34.8 Å². The fraction of sp³-hybridized carbons (Fsp3) is 0.200. The van der Waals surface area contributed by atoms with E-state index in [4.69, 9.17) is 25.9 Å². The number of rotatable bonds is 8. The first-order valence-corrected chi connectivity index (χ1v) is 12.7. The van der Waals surface area contributed by atoms with Crippen molar-refractivity contribution in [1.82, 2.24) is 15.1 Å².